The van der Waals surface area contributed by atoms with Crippen molar-refractivity contribution in [2.24, 2.45) is 0 Å². The van der Waals surface area contributed by atoms with E-state index in [0.29, 0.717) is 17.4 Å². The highest BCUT2D eigenvalue weighted by Crippen LogP contribution is 2.38. The van der Waals surface area contributed by atoms with Crippen LogP contribution in [0.5, 0.6) is 0 Å². The predicted molar refractivity (Wildman–Crippen MR) is 378 cm³/mol. The third-order valence-corrected chi connectivity index (χ3v) is 16.1. The van der Waals surface area contributed by atoms with Crippen molar-refractivity contribution < 1.29 is 42.1 Å². The first-order valence-corrected chi connectivity index (χ1v) is 37.4. The van der Waals surface area contributed by atoms with E-state index in [4.69, 9.17) is 18.5 Å². The summed E-state index contributed by atoms with van der Waals surface area (Å²) in [5, 5.41) is 0. The van der Waals surface area contributed by atoms with E-state index < -0.39 is 26.5 Å². The first-order valence-electron chi connectivity index (χ1n) is 35.9. The van der Waals surface area contributed by atoms with Gasteiger partial charge < -0.3 is 27.9 Å². The van der Waals surface area contributed by atoms with Gasteiger partial charge in [0.1, 0.15) is 19.8 Å². The van der Waals surface area contributed by atoms with E-state index in [1.54, 1.807) is 0 Å². The number of likely N-dealkylation sites (N-methyl/N-ethyl adjacent to an activating group) is 1. The zero-order valence-corrected chi connectivity index (χ0v) is 58.3. The molecule has 0 aromatic carbocycles. The van der Waals surface area contributed by atoms with Crippen LogP contribution >= 0.6 is 7.82 Å². The van der Waals surface area contributed by atoms with Crippen LogP contribution in [0.15, 0.2) is 134 Å². The Morgan fingerprint density at radius 1 is 0.364 bits per heavy atom. The number of carbonyl (C=O) groups excluding carboxylic acids is 2. The average molecular weight is 1240 g/mol. The quantitative estimate of drug-likeness (QED) is 0.0195. The number of hydrogen-bond donors (Lipinski definition) is 0. The molecule has 0 spiro atoms. The van der Waals surface area contributed by atoms with E-state index in [9.17, 15) is 19.0 Å². The van der Waals surface area contributed by atoms with E-state index in [0.717, 1.165) is 116 Å². The minimum absolute atomic E-state index is 0.0387. The van der Waals surface area contributed by atoms with Crippen LogP contribution in [0.2, 0.25) is 0 Å². The topological polar surface area (TPSA) is 111 Å². The van der Waals surface area contributed by atoms with E-state index in [-0.39, 0.29) is 32.0 Å². The Kier molecular flexibility index (Phi) is 64.6. The molecule has 0 fully saturated rings. The number of allylic oxidation sites excluding steroid dienone is 22. The molecular formula is C78H134NO8P. The first kappa shape index (κ1) is 84.2. The van der Waals surface area contributed by atoms with Crippen LogP contribution < -0.4 is 4.89 Å². The van der Waals surface area contributed by atoms with Gasteiger partial charge in [-0.15, -0.1) is 0 Å². The first-order chi connectivity index (χ1) is 43.0. The summed E-state index contributed by atoms with van der Waals surface area (Å²) >= 11 is 0. The maximum absolute atomic E-state index is 12.9. The highest BCUT2D eigenvalue weighted by molar-refractivity contribution is 7.45. The molecule has 504 valence electrons. The van der Waals surface area contributed by atoms with Crippen LogP contribution in [0.1, 0.15) is 296 Å². The van der Waals surface area contributed by atoms with Gasteiger partial charge in [-0.25, -0.2) is 0 Å². The fourth-order valence-corrected chi connectivity index (χ4v) is 10.4. The van der Waals surface area contributed by atoms with Gasteiger partial charge in [-0.05, 0) is 116 Å². The molecule has 0 N–H and O–H groups in total. The smallest absolute Gasteiger partial charge is 0.306 e. The molecule has 0 aliphatic rings. The summed E-state index contributed by atoms with van der Waals surface area (Å²) in [7, 11) is 1.15. The molecule has 0 saturated heterocycles. The Bertz CT molecular complexity index is 1950. The molecule has 2 unspecified atom stereocenters. The van der Waals surface area contributed by atoms with Gasteiger partial charge in [0.15, 0.2) is 6.10 Å². The predicted octanol–water partition coefficient (Wildman–Crippen LogP) is 23.0. The summed E-state index contributed by atoms with van der Waals surface area (Å²) < 4.78 is 34.3. The van der Waals surface area contributed by atoms with Crippen LogP contribution in [0.3, 0.4) is 0 Å². The number of rotatable bonds is 65. The molecule has 0 amide bonds. The third-order valence-electron chi connectivity index (χ3n) is 15.2. The summed E-state index contributed by atoms with van der Waals surface area (Å²) in [5.41, 5.74) is 0. The lowest BCUT2D eigenvalue weighted by atomic mass is 10.0. The second-order valence-corrected chi connectivity index (χ2v) is 26.3. The number of ether oxygens (including phenoxy) is 2. The van der Waals surface area contributed by atoms with Gasteiger partial charge in [-0.1, -0.05) is 302 Å². The van der Waals surface area contributed by atoms with Crippen molar-refractivity contribution in [2.75, 3.05) is 47.5 Å². The van der Waals surface area contributed by atoms with Crippen molar-refractivity contribution in [1.82, 2.24) is 0 Å². The van der Waals surface area contributed by atoms with Gasteiger partial charge in [0.2, 0.25) is 0 Å². The van der Waals surface area contributed by atoms with Gasteiger partial charge in [-0.2, -0.15) is 0 Å². The summed E-state index contributed by atoms with van der Waals surface area (Å²) in [6, 6.07) is 0. The van der Waals surface area contributed by atoms with Crippen LogP contribution in [-0.2, 0) is 32.7 Å². The summed E-state index contributed by atoms with van der Waals surface area (Å²) in [4.78, 5) is 38.1. The third kappa shape index (κ3) is 71.2. The molecule has 0 saturated carbocycles. The van der Waals surface area contributed by atoms with Gasteiger partial charge in [0.25, 0.3) is 7.82 Å². The Balaban J connectivity index is 4.11. The Morgan fingerprint density at radius 3 is 0.966 bits per heavy atom. The molecule has 0 aromatic rings. The van der Waals surface area contributed by atoms with Gasteiger partial charge >= 0.3 is 11.9 Å². The Morgan fingerprint density at radius 2 is 0.648 bits per heavy atom. The Labute approximate surface area is 542 Å². The number of carbonyl (C=O) groups is 2. The van der Waals surface area contributed by atoms with Crippen molar-refractivity contribution >= 4 is 19.8 Å². The van der Waals surface area contributed by atoms with Gasteiger partial charge in [-0.3, -0.25) is 14.2 Å². The molecule has 0 aliphatic carbocycles. The van der Waals surface area contributed by atoms with Crippen molar-refractivity contribution in [3.05, 3.63) is 134 Å². The molecule has 0 bridgehead atoms. The van der Waals surface area contributed by atoms with Crippen molar-refractivity contribution in [3.63, 3.8) is 0 Å². The second kappa shape index (κ2) is 67.5. The summed E-state index contributed by atoms with van der Waals surface area (Å²) in [5.74, 6) is -0.845. The van der Waals surface area contributed by atoms with E-state index in [1.165, 1.54) is 148 Å². The normalized spacial score (nSPS) is 13.9. The SMILES string of the molecule is CC/C=C\C/C=C\C/C=C\C/C=C\C/C=C\C/C=C\C/C=C\C/C=C\C/C=C\CCCCCCCCCC(=O)OC(COC(=O)CCCCCCCCCCCCCCCCCCC/C=C\C/C=C\CCCCCCC)COP(=O)([O-])OCC[N+](C)(C)C. The fraction of sp³-hybridized carbons (Fsp3) is 0.692. The molecule has 0 aliphatic heterocycles. The number of nitrogens with zero attached hydrogens (tertiary/aromatic N) is 1. The highest BCUT2D eigenvalue weighted by atomic mass is 31.2. The summed E-state index contributed by atoms with van der Waals surface area (Å²) in [6.45, 7) is 4.12. The van der Waals surface area contributed by atoms with E-state index >= 15 is 0 Å². The molecule has 10 heteroatoms. The minimum Gasteiger partial charge on any atom is -0.756 e. The second-order valence-electron chi connectivity index (χ2n) is 24.9. The van der Waals surface area contributed by atoms with Gasteiger partial charge in [0, 0.05) is 12.8 Å². The van der Waals surface area contributed by atoms with Crippen LogP contribution in [0.4, 0.5) is 0 Å². The summed E-state index contributed by atoms with van der Waals surface area (Å²) in [6.07, 6.45) is 98.1. The monoisotopic (exact) mass is 1240 g/mol. The van der Waals surface area contributed by atoms with Crippen LogP contribution in [0.25, 0.3) is 0 Å². The molecule has 0 rings (SSSR count). The lowest BCUT2D eigenvalue weighted by Crippen LogP contribution is -2.37. The lowest BCUT2D eigenvalue weighted by Gasteiger charge is -2.28. The number of quaternary nitrogens is 1. The largest absolute Gasteiger partial charge is 0.756 e. The number of phosphoric ester groups is 1. The number of hydrogen-bond acceptors (Lipinski definition) is 8. The molecular weight excluding hydrogens is 1110 g/mol. The lowest BCUT2D eigenvalue weighted by molar-refractivity contribution is -0.870. The maximum atomic E-state index is 12.9. The fourth-order valence-electron chi connectivity index (χ4n) is 9.68. The van der Waals surface area contributed by atoms with E-state index in [1.807, 2.05) is 21.1 Å². The molecule has 0 radical (unpaired) electrons. The molecule has 88 heavy (non-hydrogen) atoms. The number of phosphoric acid groups is 1. The minimum atomic E-state index is -4.65. The standard InChI is InChI=1S/C78H134NO8P/c1-6-8-10-12-14-16-18-20-22-24-26-28-30-32-34-36-37-38-39-40-41-43-45-47-49-51-53-55-57-59-61-63-65-67-69-71-78(81)87-76(75-86-88(82,83)85-73-72-79(3,4)5)74-84-77(80)70-68-66-64-62-60-58-56-54-52-50-48-46-44-42-35-33-31-29-27-25-23-21-19-17-15-13-11-9-7-2/h8,10,14,16,19-22,25-28,32,34,37-38,40-41,45,47,51,53,76H,6-7,9,11-13,15,17-18,23-24,29-31,33,35-36,39,42-44,46,48-50,52,54-75H2,1-5H3/b10-8-,16-14-,21-19-,22-20-,27-25-,28-26-,34-32-,38-37-,41-40-,47-45-,53-51-. The average Bonchev–Trinajstić information content (AvgIpc) is 3.57. The van der Waals surface area contributed by atoms with E-state index in [2.05, 4.69) is 148 Å². The number of esters is 2. The maximum Gasteiger partial charge on any atom is 0.306 e. The highest BCUT2D eigenvalue weighted by Gasteiger charge is 2.22. The molecule has 2 atom stereocenters. The van der Waals surface area contributed by atoms with Crippen molar-refractivity contribution in [1.29, 1.82) is 0 Å². The van der Waals surface area contributed by atoms with Crippen LogP contribution in [0, 0.1) is 0 Å². The van der Waals surface area contributed by atoms with Crippen LogP contribution in [-0.4, -0.2) is 70.0 Å². The zero-order valence-electron chi connectivity index (χ0n) is 57.4. The zero-order chi connectivity index (χ0) is 64.1. The van der Waals surface area contributed by atoms with Crippen molar-refractivity contribution in [3.8, 4) is 0 Å². The van der Waals surface area contributed by atoms with Crippen molar-refractivity contribution in [2.45, 2.75) is 302 Å². The molecule has 9 nitrogen and oxygen atoms in total. The Hall–Kier alpha value is -3.85. The molecule has 0 aromatic heterocycles. The number of unbranched alkanes of at least 4 members (excludes halogenated alkanes) is 29. The van der Waals surface area contributed by atoms with Gasteiger partial charge in [0.05, 0.1) is 27.7 Å². The molecule has 0 heterocycles.